The van der Waals surface area contributed by atoms with Gasteiger partial charge in [0.2, 0.25) is 0 Å². The lowest BCUT2D eigenvalue weighted by molar-refractivity contribution is 0.313. The molecule has 36 heavy (non-hydrogen) atoms. The number of hydrogen-bond donors (Lipinski definition) is 4. The Labute approximate surface area is 228 Å². The average molecular weight is 554 g/mol. The maximum Gasteiger partial charge on any atom is 0.161 e. The summed E-state index contributed by atoms with van der Waals surface area (Å²) >= 11 is 0. The van der Waals surface area contributed by atoms with Crippen LogP contribution in [0.3, 0.4) is 0 Å². The number of nitrogens with zero attached hydrogens (tertiary/aromatic N) is 3. The molecular formula is C25H31Cl3N6O2. The fourth-order valence-electron chi connectivity index (χ4n) is 4.77. The first kappa shape index (κ1) is 29.4. The van der Waals surface area contributed by atoms with Gasteiger partial charge in [0.1, 0.15) is 5.75 Å². The van der Waals surface area contributed by atoms with E-state index in [1.165, 1.54) is 5.69 Å². The van der Waals surface area contributed by atoms with Gasteiger partial charge in [-0.15, -0.1) is 37.2 Å². The number of phenolic OH excluding ortho intramolecular Hbond substituents is 1. The number of imidazole rings is 1. The van der Waals surface area contributed by atoms with Gasteiger partial charge in [-0.2, -0.15) is 0 Å². The van der Waals surface area contributed by atoms with Crippen molar-refractivity contribution in [2.75, 3.05) is 48.8 Å². The number of aromatic hydroxyl groups is 1. The van der Waals surface area contributed by atoms with E-state index in [1.54, 1.807) is 18.5 Å². The van der Waals surface area contributed by atoms with E-state index in [9.17, 15) is 5.11 Å². The topological polar surface area (TPSA) is 111 Å². The third kappa shape index (κ3) is 5.00. The Kier molecular flexibility index (Phi) is 9.34. The molecule has 1 aromatic heterocycles. The molecule has 0 radical (unpaired) electrons. The number of likely N-dealkylation sites (N-methyl/N-ethyl adjacent to an activating group) is 1. The first-order valence-electron chi connectivity index (χ1n) is 11.0. The molecule has 3 heterocycles. The van der Waals surface area contributed by atoms with Crippen molar-refractivity contribution < 1.29 is 10.6 Å². The van der Waals surface area contributed by atoms with E-state index in [0.29, 0.717) is 0 Å². The fourth-order valence-corrected chi connectivity index (χ4v) is 4.77. The van der Waals surface area contributed by atoms with Crippen LogP contribution in [-0.2, 0) is 5.66 Å². The maximum atomic E-state index is 9.88. The number of halogens is 3. The van der Waals surface area contributed by atoms with Crippen molar-refractivity contribution in [1.82, 2.24) is 14.9 Å². The van der Waals surface area contributed by atoms with Crippen LogP contribution in [0.4, 0.5) is 17.1 Å². The Morgan fingerprint density at radius 1 is 0.806 bits per heavy atom. The molecule has 0 aliphatic carbocycles. The standard InChI is InChI=1S/C25H26N6O.3ClH.H2O/c1-30-10-12-31(13-11-30)19-5-9-22-24(15-19)29-25(28-22,17-2-6-20(32)7-3-17)18-4-8-21-23(14-18)27-16-26-21;;;;/h2-9,14-16,28-29,32H,10-13H2,1H3,(H,26,27);3*1H;1H2. The van der Waals surface area contributed by atoms with Crippen LogP contribution in [0, 0.1) is 0 Å². The number of phenols is 1. The van der Waals surface area contributed by atoms with Gasteiger partial charge in [-0.25, -0.2) is 4.98 Å². The molecule has 1 atom stereocenters. The minimum Gasteiger partial charge on any atom is -0.508 e. The highest BCUT2D eigenvalue weighted by Crippen LogP contribution is 2.45. The second-order valence-electron chi connectivity index (χ2n) is 8.70. The third-order valence-electron chi connectivity index (χ3n) is 6.67. The lowest BCUT2D eigenvalue weighted by Crippen LogP contribution is -2.44. The maximum absolute atomic E-state index is 9.88. The second-order valence-corrected chi connectivity index (χ2v) is 8.70. The summed E-state index contributed by atoms with van der Waals surface area (Å²) in [6, 6.07) is 20.2. The zero-order valence-electron chi connectivity index (χ0n) is 19.7. The lowest BCUT2D eigenvalue weighted by Gasteiger charge is -2.34. The van der Waals surface area contributed by atoms with Gasteiger partial charge in [-0.05, 0) is 49.5 Å². The van der Waals surface area contributed by atoms with Crippen LogP contribution in [0.2, 0.25) is 0 Å². The molecular weight excluding hydrogens is 523 g/mol. The SMILES string of the molecule is CN1CCN(c2ccc3c(c2)NC(c2ccc(O)cc2)(c2ccc4[nH]cnc4c2)N3)CC1.Cl.Cl.Cl.O. The summed E-state index contributed by atoms with van der Waals surface area (Å²) in [6.07, 6.45) is 1.72. The molecule has 1 fully saturated rings. The predicted molar refractivity (Wildman–Crippen MR) is 154 cm³/mol. The minimum atomic E-state index is -0.663. The number of fused-ring (bicyclic) bond motifs is 2. The van der Waals surface area contributed by atoms with Gasteiger partial charge in [-0.3, -0.25) is 0 Å². The van der Waals surface area contributed by atoms with E-state index in [4.69, 9.17) is 0 Å². The van der Waals surface area contributed by atoms with Crippen LogP contribution in [0.25, 0.3) is 11.0 Å². The zero-order chi connectivity index (χ0) is 21.7. The molecule has 6 N–H and O–H groups in total. The largest absolute Gasteiger partial charge is 0.508 e. The molecule has 0 amide bonds. The second kappa shape index (κ2) is 11.5. The number of H-pyrrole nitrogens is 1. The lowest BCUT2D eigenvalue weighted by atomic mass is 9.91. The van der Waals surface area contributed by atoms with Gasteiger partial charge in [-0.1, -0.05) is 18.2 Å². The summed E-state index contributed by atoms with van der Waals surface area (Å²) in [5.74, 6) is 0.250. The van der Waals surface area contributed by atoms with Crippen molar-refractivity contribution in [2.45, 2.75) is 5.66 Å². The number of aromatic amines is 1. The van der Waals surface area contributed by atoms with Crippen LogP contribution in [-0.4, -0.2) is 58.7 Å². The summed E-state index contributed by atoms with van der Waals surface area (Å²) < 4.78 is 0. The summed E-state index contributed by atoms with van der Waals surface area (Å²) in [5.41, 5.74) is 6.68. The molecule has 4 aromatic rings. The molecule has 0 spiro atoms. The molecule has 3 aromatic carbocycles. The van der Waals surface area contributed by atoms with Crippen molar-refractivity contribution in [1.29, 1.82) is 0 Å². The van der Waals surface area contributed by atoms with Gasteiger partial charge in [0.25, 0.3) is 0 Å². The van der Waals surface area contributed by atoms with E-state index >= 15 is 0 Å². The highest BCUT2D eigenvalue weighted by atomic mass is 35.5. The monoisotopic (exact) mass is 552 g/mol. The molecule has 1 unspecified atom stereocenters. The third-order valence-corrected chi connectivity index (χ3v) is 6.67. The van der Waals surface area contributed by atoms with Crippen molar-refractivity contribution >= 4 is 65.3 Å². The highest BCUT2D eigenvalue weighted by molar-refractivity contribution is 5.86. The zero-order valence-corrected chi connectivity index (χ0v) is 22.1. The molecule has 2 aliphatic heterocycles. The first-order chi connectivity index (χ1) is 15.6. The number of hydrogen-bond acceptors (Lipinski definition) is 6. The van der Waals surface area contributed by atoms with E-state index in [0.717, 1.165) is 59.7 Å². The van der Waals surface area contributed by atoms with Crippen LogP contribution >= 0.6 is 37.2 Å². The number of benzene rings is 3. The van der Waals surface area contributed by atoms with Crippen molar-refractivity contribution in [3.05, 3.63) is 78.1 Å². The van der Waals surface area contributed by atoms with Crippen molar-refractivity contribution in [3.8, 4) is 5.75 Å². The van der Waals surface area contributed by atoms with Crippen molar-refractivity contribution in [3.63, 3.8) is 0 Å². The minimum absolute atomic E-state index is 0. The molecule has 194 valence electrons. The highest BCUT2D eigenvalue weighted by Gasteiger charge is 2.40. The molecule has 11 heteroatoms. The quantitative estimate of drug-likeness (QED) is 0.303. The van der Waals surface area contributed by atoms with Crippen LogP contribution in [0.5, 0.6) is 5.75 Å². The van der Waals surface area contributed by atoms with E-state index in [-0.39, 0.29) is 48.4 Å². The van der Waals surface area contributed by atoms with Gasteiger partial charge in [0.05, 0.1) is 28.7 Å². The number of piperazine rings is 1. The Bertz CT molecular complexity index is 1290. The van der Waals surface area contributed by atoms with Gasteiger partial charge in [0.15, 0.2) is 5.66 Å². The van der Waals surface area contributed by atoms with E-state index in [2.05, 4.69) is 73.8 Å². The van der Waals surface area contributed by atoms with Gasteiger partial charge in [0, 0.05) is 43.0 Å². The van der Waals surface area contributed by atoms with Crippen molar-refractivity contribution in [2.24, 2.45) is 0 Å². The van der Waals surface area contributed by atoms with Gasteiger partial charge >= 0.3 is 0 Å². The predicted octanol–water partition coefficient (Wildman–Crippen LogP) is 4.20. The summed E-state index contributed by atoms with van der Waals surface area (Å²) in [7, 11) is 2.17. The molecule has 0 saturated carbocycles. The van der Waals surface area contributed by atoms with E-state index in [1.807, 2.05) is 12.1 Å². The molecule has 0 bridgehead atoms. The van der Waals surface area contributed by atoms with Gasteiger partial charge < -0.3 is 36.0 Å². The van der Waals surface area contributed by atoms with Crippen LogP contribution in [0.1, 0.15) is 11.1 Å². The molecule has 1 saturated heterocycles. The van der Waals surface area contributed by atoms with Crippen LogP contribution < -0.4 is 15.5 Å². The van der Waals surface area contributed by atoms with E-state index < -0.39 is 5.66 Å². The Balaban J connectivity index is 0.00000114. The molecule has 6 rings (SSSR count). The number of nitrogens with one attached hydrogen (secondary N) is 3. The molecule has 8 nitrogen and oxygen atoms in total. The normalized spacial score (nSPS) is 18.4. The van der Waals surface area contributed by atoms with Crippen LogP contribution in [0.15, 0.2) is 67.0 Å². The number of rotatable bonds is 3. The number of aromatic nitrogens is 2. The number of anilines is 3. The Morgan fingerprint density at radius 3 is 2.19 bits per heavy atom. The Hall–Kier alpha value is -2.88. The average Bonchev–Trinajstić information content (AvgIpc) is 3.44. The smallest absolute Gasteiger partial charge is 0.161 e. The summed E-state index contributed by atoms with van der Waals surface area (Å²) in [6.45, 7) is 4.21. The fraction of sp³-hybridized carbons (Fsp3) is 0.240. The summed E-state index contributed by atoms with van der Waals surface area (Å²) in [5, 5.41) is 17.4. The molecule has 2 aliphatic rings. The summed E-state index contributed by atoms with van der Waals surface area (Å²) in [4.78, 5) is 12.4. The Morgan fingerprint density at radius 2 is 1.47 bits per heavy atom. The first-order valence-corrected chi connectivity index (χ1v) is 11.0.